The predicted octanol–water partition coefficient (Wildman–Crippen LogP) is 4.14. The van der Waals surface area contributed by atoms with Gasteiger partial charge in [0.15, 0.2) is 0 Å². The van der Waals surface area contributed by atoms with Crippen LogP contribution in [0, 0.1) is 5.41 Å². The highest BCUT2D eigenvalue weighted by atomic mass is 14.7. The Bertz CT molecular complexity index is 549. The first-order valence-corrected chi connectivity index (χ1v) is 6.51. The summed E-state index contributed by atoms with van der Waals surface area (Å²) in [5.74, 6) is 0. The third kappa shape index (κ3) is 1.95. The summed E-state index contributed by atoms with van der Waals surface area (Å²) < 4.78 is 0. The molecule has 17 heavy (non-hydrogen) atoms. The van der Waals surface area contributed by atoms with Crippen LogP contribution in [0.4, 0.5) is 0 Å². The molecule has 0 bridgehead atoms. The SMILES string of the molecule is CC1(C)CCCc2cccc3ccnc(c23)C1. The maximum Gasteiger partial charge on any atom is 0.0489 e. The van der Waals surface area contributed by atoms with Crippen molar-refractivity contribution < 1.29 is 0 Å². The predicted molar refractivity (Wildman–Crippen MR) is 72.2 cm³/mol. The van der Waals surface area contributed by atoms with Gasteiger partial charge in [0, 0.05) is 17.3 Å². The van der Waals surface area contributed by atoms with Crippen LogP contribution in [0.2, 0.25) is 0 Å². The van der Waals surface area contributed by atoms with Crippen LogP contribution in [0.25, 0.3) is 10.8 Å². The summed E-state index contributed by atoms with van der Waals surface area (Å²) in [6.45, 7) is 4.73. The van der Waals surface area contributed by atoms with Gasteiger partial charge in [-0.1, -0.05) is 32.0 Å². The summed E-state index contributed by atoms with van der Waals surface area (Å²) in [6, 6.07) is 8.79. The standard InChI is InChI=1S/C16H19N/c1-16(2)9-4-7-12-5-3-6-13-8-10-17-14(11-16)15(12)13/h3,5-6,8,10H,4,7,9,11H2,1-2H3. The molecule has 0 fully saturated rings. The number of hydrogen-bond donors (Lipinski definition) is 0. The average Bonchev–Trinajstić information content (AvgIpc) is 2.27. The van der Waals surface area contributed by atoms with E-state index in [0.717, 1.165) is 6.42 Å². The van der Waals surface area contributed by atoms with E-state index in [1.165, 1.54) is 41.3 Å². The molecule has 1 nitrogen and oxygen atoms in total. The highest BCUT2D eigenvalue weighted by Gasteiger charge is 2.23. The normalized spacial score (nSPS) is 18.7. The number of nitrogens with zero attached hydrogens (tertiary/aromatic N) is 1. The Morgan fingerprint density at radius 1 is 1.18 bits per heavy atom. The molecular formula is C16H19N. The van der Waals surface area contributed by atoms with E-state index in [4.69, 9.17) is 0 Å². The molecule has 0 aliphatic heterocycles. The minimum absolute atomic E-state index is 0.384. The van der Waals surface area contributed by atoms with Crippen LogP contribution in [0.5, 0.6) is 0 Å². The van der Waals surface area contributed by atoms with Crippen LogP contribution >= 0.6 is 0 Å². The lowest BCUT2D eigenvalue weighted by Gasteiger charge is -2.27. The molecule has 0 N–H and O–H groups in total. The van der Waals surface area contributed by atoms with E-state index in [9.17, 15) is 0 Å². The number of hydrogen-bond acceptors (Lipinski definition) is 1. The monoisotopic (exact) mass is 225 g/mol. The van der Waals surface area contributed by atoms with Crippen molar-refractivity contribution >= 4 is 10.8 Å². The van der Waals surface area contributed by atoms with E-state index in [-0.39, 0.29) is 0 Å². The Balaban J connectivity index is 2.26. The zero-order chi connectivity index (χ0) is 11.9. The molecule has 0 saturated carbocycles. The second kappa shape index (κ2) is 3.83. The molecule has 1 aromatic heterocycles. The zero-order valence-corrected chi connectivity index (χ0v) is 10.7. The Morgan fingerprint density at radius 2 is 2.06 bits per heavy atom. The van der Waals surface area contributed by atoms with E-state index < -0.39 is 0 Å². The smallest absolute Gasteiger partial charge is 0.0489 e. The molecule has 88 valence electrons. The van der Waals surface area contributed by atoms with Gasteiger partial charge in [-0.15, -0.1) is 0 Å². The van der Waals surface area contributed by atoms with Gasteiger partial charge >= 0.3 is 0 Å². The van der Waals surface area contributed by atoms with Crippen LogP contribution in [0.15, 0.2) is 30.5 Å². The largest absolute Gasteiger partial charge is 0.261 e. The van der Waals surface area contributed by atoms with Crippen molar-refractivity contribution in [2.75, 3.05) is 0 Å². The van der Waals surface area contributed by atoms with Gasteiger partial charge in [0.25, 0.3) is 0 Å². The van der Waals surface area contributed by atoms with Crippen molar-refractivity contribution in [3.63, 3.8) is 0 Å². The van der Waals surface area contributed by atoms with Crippen LogP contribution in [-0.4, -0.2) is 4.98 Å². The summed E-state index contributed by atoms with van der Waals surface area (Å²) >= 11 is 0. The summed E-state index contributed by atoms with van der Waals surface area (Å²) in [6.07, 6.45) is 6.83. The lowest BCUT2D eigenvalue weighted by Crippen LogP contribution is -2.18. The molecule has 1 heteroatoms. The summed E-state index contributed by atoms with van der Waals surface area (Å²) in [4.78, 5) is 4.63. The number of rotatable bonds is 0. The number of pyridine rings is 1. The van der Waals surface area contributed by atoms with Gasteiger partial charge < -0.3 is 0 Å². The van der Waals surface area contributed by atoms with Crippen molar-refractivity contribution in [2.45, 2.75) is 39.5 Å². The topological polar surface area (TPSA) is 12.9 Å². The Labute approximate surface area is 103 Å². The molecule has 0 saturated heterocycles. The molecule has 1 aliphatic carbocycles. The van der Waals surface area contributed by atoms with E-state index >= 15 is 0 Å². The molecule has 1 aliphatic rings. The van der Waals surface area contributed by atoms with Crippen molar-refractivity contribution in [1.29, 1.82) is 0 Å². The molecule has 0 radical (unpaired) electrons. The fourth-order valence-corrected chi connectivity index (χ4v) is 3.02. The van der Waals surface area contributed by atoms with Gasteiger partial charge in [-0.25, -0.2) is 0 Å². The third-order valence-corrected chi connectivity index (χ3v) is 3.90. The minimum Gasteiger partial charge on any atom is -0.261 e. The molecule has 2 aromatic rings. The molecule has 1 heterocycles. The number of benzene rings is 1. The average molecular weight is 225 g/mol. The first-order chi connectivity index (χ1) is 8.16. The first-order valence-electron chi connectivity index (χ1n) is 6.51. The van der Waals surface area contributed by atoms with E-state index in [2.05, 4.69) is 43.1 Å². The maximum absolute atomic E-state index is 4.63. The van der Waals surface area contributed by atoms with E-state index in [1.54, 1.807) is 0 Å². The van der Waals surface area contributed by atoms with E-state index in [0.29, 0.717) is 5.41 Å². The lowest BCUT2D eigenvalue weighted by atomic mass is 9.78. The fourth-order valence-electron chi connectivity index (χ4n) is 3.02. The highest BCUT2D eigenvalue weighted by molar-refractivity contribution is 5.87. The van der Waals surface area contributed by atoms with Gasteiger partial charge in [-0.2, -0.15) is 0 Å². The Hall–Kier alpha value is -1.37. The molecule has 0 spiro atoms. The highest BCUT2D eigenvalue weighted by Crippen LogP contribution is 2.34. The molecule has 0 unspecified atom stereocenters. The second-order valence-electron chi connectivity index (χ2n) is 5.97. The number of aryl methyl sites for hydroxylation is 1. The number of aromatic nitrogens is 1. The zero-order valence-electron chi connectivity index (χ0n) is 10.7. The van der Waals surface area contributed by atoms with Crippen molar-refractivity contribution in [1.82, 2.24) is 4.98 Å². The molecule has 3 rings (SSSR count). The van der Waals surface area contributed by atoms with Gasteiger partial charge in [-0.05, 0) is 48.1 Å². The second-order valence-corrected chi connectivity index (χ2v) is 5.97. The fraction of sp³-hybridized carbons (Fsp3) is 0.438. The van der Waals surface area contributed by atoms with Crippen LogP contribution in [0.3, 0.4) is 0 Å². The van der Waals surface area contributed by atoms with Gasteiger partial charge in [0.05, 0.1) is 0 Å². The molecular weight excluding hydrogens is 206 g/mol. The summed E-state index contributed by atoms with van der Waals surface area (Å²) in [5.41, 5.74) is 3.17. The third-order valence-electron chi connectivity index (χ3n) is 3.90. The Morgan fingerprint density at radius 3 is 2.94 bits per heavy atom. The van der Waals surface area contributed by atoms with E-state index in [1.807, 2.05) is 6.20 Å². The van der Waals surface area contributed by atoms with Crippen LogP contribution in [0.1, 0.15) is 37.9 Å². The summed E-state index contributed by atoms with van der Waals surface area (Å²) in [5, 5.41) is 2.77. The molecule has 1 aromatic carbocycles. The van der Waals surface area contributed by atoms with Gasteiger partial charge in [0.1, 0.15) is 0 Å². The first kappa shape index (κ1) is 10.8. The van der Waals surface area contributed by atoms with Crippen molar-refractivity contribution in [2.24, 2.45) is 5.41 Å². The Kier molecular flexibility index (Phi) is 2.43. The quantitative estimate of drug-likeness (QED) is 0.656. The summed E-state index contributed by atoms with van der Waals surface area (Å²) in [7, 11) is 0. The molecule has 0 atom stereocenters. The van der Waals surface area contributed by atoms with Crippen molar-refractivity contribution in [3.8, 4) is 0 Å². The van der Waals surface area contributed by atoms with Crippen LogP contribution in [-0.2, 0) is 12.8 Å². The van der Waals surface area contributed by atoms with Gasteiger partial charge in [0.2, 0.25) is 0 Å². The minimum atomic E-state index is 0.384. The molecule has 0 amide bonds. The van der Waals surface area contributed by atoms with Crippen LogP contribution < -0.4 is 0 Å². The van der Waals surface area contributed by atoms with Gasteiger partial charge in [-0.3, -0.25) is 4.98 Å². The maximum atomic E-state index is 4.63. The lowest BCUT2D eigenvalue weighted by molar-refractivity contribution is 0.318. The van der Waals surface area contributed by atoms with Crippen molar-refractivity contribution in [3.05, 3.63) is 41.7 Å².